The predicted molar refractivity (Wildman–Crippen MR) is 103 cm³/mol. The third kappa shape index (κ3) is 3.82. The van der Waals surface area contributed by atoms with Crippen molar-refractivity contribution in [2.45, 2.75) is 32.6 Å². The van der Waals surface area contributed by atoms with Crippen molar-refractivity contribution < 1.29 is 17.9 Å². The van der Waals surface area contributed by atoms with E-state index in [1.807, 2.05) is 45.8 Å². The van der Waals surface area contributed by atoms with Crippen molar-refractivity contribution in [3.8, 4) is 11.4 Å². The molecule has 10 heteroatoms. The Morgan fingerprint density at radius 1 is 1.23 bits per heavy atom. The Morgan fingerprint density at radius 2 is 1.97 bits per heavy atom. The summed E-state index contributed by atoms with van der Waals surface area (Å²) in [6.45, 7) is 3.23. The highest BCUT2D eigenvalue weighted by Crippen LogP contribution is 2.27. The highest BCUT2D eigenvalue weighted by atomic mass is 19.4. The summed E-state index contributed by atoms with van der Waals surface area (Å²) < 4.78 is 45.6. The van der Waals surface area contributed by atoms with Gasteiger partial charge in [0.25, 0.3) is 5.56 Å². The maximum absolute atomic E-state index is 12.9. The van der Waals surface area contributed by atoms with Gasteiger partial charge in [0.2, 0.25) is 5.82 Å². The van der Waals surface area contributed by atoms with Gasteiger partial charge in [-0.15, -0.1) is 0 Å². The van der Waals surface area contributed by atoms with Crippen molar-refractivity contribution in [1.29, 1.82) is 0 Å². The van der Waals surface area contributed by atoms with Crippen LogP contribution in [0.2, 0.25) is 0 Å². The zero-order valence-corrected chi connectivity index (χ0v) is 16.5. The number of ether oxygens (including phenoxy) is 1. The molecule has 158 valence electrons. The SMILES string of the molecule is COc1ccc(-n2ncc(CN3CCc4nc(C(F)(F)F)[nH]c(=O)c4C3)c2C)cc1. The molecule has 1 aliphatic rings. The van der Waals surface area contributed by atoms with E-state index in [0.717, 1.165) is 22.7 Å². The molecule has 0 aliphatic carbocycles. The van der Waals surface area contributed by atoms with Gasteiger partial charge in [-0.3, -0.25) is 9.69 Å². The number of fused-ring (bicyclic) bond motifs is 1. The van der Waals surface area contributed by atoms with Gasteiger partial charge in [-0.25, -0.2) is 9.67 Å². The Labute approximate surface area is 170 Å². The Bertz CT molecular complexity index is 1120. The quantitative estimate of drug-likeness (QED) is 0.704. The highest BCUT2D eigenvalue weighted by molar-refractivity contribution is 5.39. The fraction of sp³-hybridized carbons (Fsp3) is 0.350. The first-order chi connectivity index (χ1) is 14.3. The van der Waals surface area contributed by atoms with Crippen LogP contribution in [0.1, 0.15) is 28.3 Å². The fourth-order valence-electron chi connectivity index (χ4n) is 3.57. The molecule has 2 aromatic heterocycles. The molecule has 0 bridgehead atoms. The van der Waals surface area contributed by atoms with Crippen LogP contribution in [0, 0.1) is 6.92 Å². The Morgan fingerprint density at radius 3 is 2.63 bits per heavy atom. The summed E-state index contributed by atoms with van der Waals surface area (Å²) in [6.07, 6.45) is -2.61. The molecule has 0 amide bonds. The summed E-state index contributed by atoms with van der Waals surface area (Å²) in [7, 11) is 1.60. The van der Waals surface area contributed by atoms with E-state index in [1.165, 1.54) is 0 Å². The van der Waals surface area contributed by atoms with Crippen molar-refractivity contribution in [3.05, 3.63) is 69.2 Å². The molecule has 0 saturated heterocycles. The van der Waals surface area contributed by atoms with Crippen LogP contribution in [0.25, 0.3) is 5.69 Å². The van der Waals surface area contributed by atoms with Crippen LogP contribution in [-0.4, -0.2) is 38.3 Å². The van der Waals surface area contributed by atoms with Gasteiger partial charge in [-0.1, -0.05) is 0 Å². The Kier molecular flexibility index (Phi) is 5.10. The van der Waals surface area contributed by atoms with E-state index in [4.69, 9.17) is 4.74 Å². The van der Waals surface area contributed by atoms with Crippen molar-refractivity contribution in [3.63, 3.8) is 0 Å². The number of hydrogen-bond acceptors (Lipinski definition) is 5. The predicted octanol–water partition coefficient (Wildman–Crippen LogP) is 2.85. The van der Waals surface area contributed by atoms with E-state index in [2.05, 4.69) is 10.1 Å². The van der Waals surface area contributed by atoms with Gasteiger partial charge in [0.05, 0.1) is 30.3 Å². The van der Waals surface area contributed by atoms with Gasteiger partial charge < -0.3 is 9.72 Å². The van der Waals surface area contributed by atoms with E-state index >= 15 is 0 Å². The number of benzene rings is 1. The first-order valence-electron chi connectivity index (χ1n) is 9.36. The minimum atomic E-state index is -4.67. The van der Waals surface area contributed by atoms with Crippen LogP contribution in [0.15, 0.2) is 35.3 Å². The number of methoxy groups -OCH3 is 1. The van der Waals surface area contributed by atoms with Crippen molar-refractivity contribution in [2.75, 3.05) is 13.7 Å². The van der Waals surface area contributed by atoms with Crippen LogP contribution < -0.4 is 10.3 Å². The lowest BCUT2D eigenvalue weighted by atomic mass is 10.1. The summed E-state index contributed by atoms with van der Waals surface area (Å²) >= 11 is 0. The number of nitrogens with zero attached hydrogens (tertiary/aromatic N) is 4. The lowest BCUT2D eigenvalue weighted by Gasteiger charge is -2.27. The average molecular weight is 419 g/mol. The number of aromatic amines is 1. The Hall–Kier alpha value is -3.14. The van der Waals surface area contributed by atoms with Gasteiger partial charge >= 0.3 is 6.18 Å². The normalized spacial score (nSPS) is 14.6. The Balaban J connectivity index is 1.53. The molecule has 0 fully saturated rings. The minimum absolute atomic E-state index is 0.216. The fourth-order valence-corrected chi connectivity index (χ4v) is 3.57. The van der Waals surface area contributed by atoms with Gasteiger partial charge in [0, 0.05) is 37.3 Å². The molecule has 4 rings (SSSR count). The van der Waals surface area contributed by atoms with Crippen LogP contribution in [-0.2, 0) is 25.7 Å². The topological polar surface area (TPSA) is 76.0 Å². The van der Waals surface area contributed by atoms with Gasteiger partial charge in [0.1, 0.15) is 5.75 Å². The lowest BCUT2D eigenvalue weighted by molar-refractivity contribution is -0.145. The molecule has 0 spiro atoms. The standard InChI is InChI=1S/C20H20F3N5O2/c1-12-13(9-24-28(12)14-3-5-15(30-2)6-4-14)10-27-8-7-17-16(11-27)18(29)26-19(25-17)20(21,22)23/h3-6,9H,7-8,10-11H2,1-2H3,(H,25,26,29). The summed E-state index contributed by atoms with van der Waals surface area (Å²) in [5, 5.41) is 4.45. The lowest BCUT2D eigenvalue weighted by Crippen LogP contribution is -2.36. The first-order valence-corrected chi connectivity index (χ1v) is 9.36. The largest absolute Gasteiger partial charge is 0.497 e. The third-order valence-corrected chi connectivity index (χ3v) is 5.24. The van der Waals surface area contributed by atoms with E-state index in [-0.39, 0.29) is 24.2 Å². The number of nitrogens with one attached hydrogen (secondary N) is 1. The second-order valence-corrected chi connectivity index (χ2v) is 7.16. The van der Waals surface area contributed by atoms with Crippen LogP contribution in [0.3, 0.4) is 0 Å². The summed E-state index contributed by atoms with van der Waals surface area (Å²) in [4.78, 5) is 19.7. The highest BCUT2D eigenvalue weighted by Gasteiger charge is 2.36. The van der Waals surface area contributed by atoms with Crippen molar-refractivity contribution in [1.82, 2.24) is 24.6 Å². The van der Waals surface area contributed by atoms with Crippen molar-refractivity contribution >= 4 is 0 Å². The number of hydrogen-bond donors (Lipinski definition) is 1. The second-order valence-electron chi connectivity index (χ2n) is 7.16. The van der Waals surface area contributed by atoms with Crippen LogP contribution >= 0.6 is 0 Å². The van der Waals surface area contributed by atoms with E-state index in [1.54, 1.807) is 13.3 Å². The molecule has 30 heavy (non-hydrogen) atoms. The zero-order chi connectivity index (χ0) is 21.5. The molecule has 1 aromatic carbocycles. The molecule has 0 radical (unpaired) electrons. The molecular weight excluding hydrogens is 399 g/mol. The number of H-pyrrole nitrogens is 1. The molecule has 0 atom stereocenters. The molecular formula is C20H20F3N5O2. The smallest absolute Gasteiger partial charge is 0.449 e. The second kappa shape index (κ2) is 7.60. The summed E-state index contributed by atoms with van der Waals surface area (Å²) in [6, 6.07) is 7.52. The van der Waals surface area contributed by atoms with Crippen molar-refractivity contribution in [2.24, 2.45) is 0 Å². The molecule has 0 saturated carbocycles. The van der Waals surface area contributed by atoms with Crippen LogP contribution in [0.4, 0.5) is 13.2 Å². The monoisotopic (exact) mass is 419 g/mol. The van der Waals surface area contributed by atoms with E-state index in [0.29, 0.717) is 13.1 Å². The number of alkyl halides is 3. The van der Waals surface area contributed by atoms with Gasteiger partial charge in [-0.05, 0) is 31.2 Å². The number of halogens is 3. The summed E-state index contributed by atoms with van der Waals surface area (Å²) in [5.41, 5.74) is 2.59. The third-order valence-electron chi connectivity index (χ3n) is 5.24. The molecule has 3 heterocycles. The van der Waals surface area contributed by atoms with E-state index < -0.39 is 17.6 Å². The van der Waals surface area contributed by atoms with Gasteiger partial charge in [0.15, 0.2) is 0 Å². The maximum atomic E-state index is 12.9. The maximum Gasteiger partial charge on any atom is 0.449 e. The molecule has 0 unspecified atom stereocenters. The molecule has 7 nitrogen and oxygen atoms in total. The summed E-state index contributed by atoms with van der Waals surface area (Å²) in [5.74, 6) is -0.486. The average Bonchev–Trinajstić information content (AvgIpc) is 3.08. The van der Waals surface area contributed by atoms with E-state index in [9.17, 15) is 18.0 Å². The molecule has 3 aromatic rings. The molecule has 1 N–H and O–H groups in total. The molecule has 1 aliphatic heterocycles. The minimum Gasteiger partial charge on any atom is -0.497 e. The number of rotatable bonds is 4. The first kappa shape index (κ1) is 20.1. The number of aromatic nitrogens is 4. The van der Waals surface area contributed by atoms with Crippen LogP contribution in [0.5, 0.6) is 5.75 Å². The van der Waals surface area contributed by atoms with Gasteiger partial charge in [-0.2, -0.15) is 18.3 Å². The zero-order valence-electron chi connectivity index (χ0n) is 16.5.